The molecule has 0 atom stereocenters. The molecule has 1 heteroatoms. The minimum absolute atomic E-state index is 0.682. The smallest absolute Gasteiger partial charge is 0.0485 e. The number of nitrogen functional groups attached to an aromatic ring is 1. The zero-order valence-corrected chi connectivity index (χ0v) is 9.27. The molecule has 2 aromatic rings. The van der Waals surface area contributed by atoms with Crippen LogP contribution in [0, 0.1) is 23.7 Å². The fraction of sp³-hybridized carbons (Fsp3) is 0. The van der Waals surface area contributed by atoms with Crippen LogP contribution in [-0.4, -0.2) is 0 Å². The Kier molecular flexibility index (Phi) is 3.48. The molecule has 0 saturated heterocycles. The summed E-state index contributed by atoms with van der Waals surface area (Å²) >= 11 is 0. The van der Waals surface area contributed by atoms with E-state index in [9.17, 15) is 0 Å². The van der Waals surface area contributed by atoms with Crippen LogP contribution in [0.2, 0.25) is 0 Å². The molecule has 0 aromatic heterocycles. The number of para-hydroxylation sites is 1. The van der Waals surface area contributed by atoms with Crippen LogP contribution in [0.1, 0.15) is 11.1 Å². The van der Waals surface area contributed by atoms with Gasteiger partial charge in [0.25, 0.3) is 0 Å². The fourth-order valence-corrected chi connectivity index (χ4v) is 1.33. The third kappa shape index (κ3) is 3.16. The quantitative estimate of drug-likeness (QED) is 0.533. The van der Waals surface area contributed by atoms with Crippen LogP contribution in [-0.2, 0) is 0 Å². The van der Waals surface area contributed by atoms with Crippen molar-refractivity contribution in [3.8, 4) is 23.7 Å². The minimum Gasteiger partial charge on any atom is -0.398 e. The first-order chi connectivity index (χ1) is 8.36. The molecule has 0 spiro atoms. The van der Waals surface area contributed by atoms with Crippen molar-refractivity contribution in [1.82, 2.24) is 0 Å². The molecule has 2 aromatic carbocycles. The summed E-state index contributed by atoms with van der Waals surface area (Å²) in [5, 5.41) is 0. The predicted molar refractivity (Wildman–Crippen MR) is 71.1 cm³/mol. The second kappa shape index (κ2) is 5.45. The molecule has 0 aliphatic carbocycles. The molecule has 0 heterocycles. The van der Waals surface area contributed by atoms with Crippen molar-refractivity contribution < 1.29 is 0 Å². The van der Waals surface area contributed by atoms with Gasteiger partial charge >= 0.3 is 0 Å². The van der Waals surface area contributed by atoms with Crippen molar-refractivity contribution in [2.24, 2.45) is 0 Å². The van der Waals surface area contributed by atoms with Gasteiger partial charge in [-0.1, -0.05) is 42.2 Å². The number of hydrogen-bond acceptors (Lipinski definition) is 1. The van der Waals surface area contributed by atoms with Crippen molar-refractivity contribution in [3.05, 3.63) is 65.7 Å². The molecule has 0 aliphatic rings. The SMILES string of the molecule is Nc1ccccc1C#CC#Cc1ccccc1. The van der Waals surface area contributed by atoms with Crippen LogP contribution in [0.4, 0.5) is 5.69 Å². The summed E-state index contributed by atoms with van der Waals surface area (Å²) in [5.41, 5.74) is 8.22. The van der Waals surface area contributed by atoms with Gasteiger partial charge in [-0.25, -0.2) is 0 Å². The van der Waals surface area contributed by atoms with Crippen LogP contribution in [0.15, 0.2) is 54.6 Å². The molecule has 80 valence electrons. The first-order valence-electron chi connectivity index (χ1n) is 5.28. The van der Waals surface area contributed by atoms with Crippen LogP contribution < -0.4 is 5.73 Å². The number of benzene rings is 2. The van der Waals surface area contributed by atoms with Gasteiger partial charge in [0.2, 0.25) is 0 Å². The van der Waals surface area contributed by atoms with Gasteiger partial charge in [0.1, 0.15) is 0 Å². The summed E-state index contributed by atoms with van der Waals surface area (Å²) in [4.78, 5) is 0. The van der Waals surface area contributed by atoms with E-state index in [1.807, 2.05) is 54.6 Å². The Bertz CT molecular complexity index is 619. The lowest BCUT2D eigenvalue weighted by Crippen LogP contribution is -1.87. The lowest BCUT2D eigenvalue weighted by atomic mass is 10.2. The highest BCUT2D eigenvalue weighted by Gasteiger charge is 1.89. The van der Waals surface area contributed by atoms with E-state index in [1.54, 1.807) is 0 Å². The van der Waals surface area contributed by atoms with Gasteiger partial charge in [0.15, 0.2) is 0 Å². The van der Waals surface area contributed by atoms with Gasteiger partial charge in [-0.05, 0) is 36.1 Å². The third-order valence-electron chi connectivity index (χ3n) is 2.20. The molecule has 0 aliphatic heterocycles. The van der Waals surface area contributed by atoms with Crippen molar-refractivity contribution >= 4 is 5.69 Å². The second-order valence-corrected chi connectivity index (χ2v) is 3.45. The van der Waals surface area contributed by atoms with E-state index in [1.165, 1.54) is 0 Å². The van der Waals surface area contributed by atoms with E-state index < -0.39 is 0 Å². The fourth-order valence-electron chi connectivity index (χ4n) is 1.33. The monoisotopic (exact) mass is 217 g/mol. The predicted octanol–water partition coefficient (Wildman–Crippen LogP) is 2.67. The number of rotatable bonds is 0. The summed E-state index contributed by atoms with van der Waals surface area (Å²) < 4.78 is 0. The van der Waals surface area contributed by atoms with Gasteiger partial charge in [-0.3, -0.25) is 0 Å². The van der Waals surface area contributed by atoms with Gasteiger partial charge < -0.3 is 5.73 Å². The van der Waals surface area contributed by atoms with E-state index in [4.69, 9.17) is 5.73 Å². The highest BCUT2D eigenvalue weighted by Crippen LogP contribution is 2.07. The van der Waals surface area contributed by atoms with Crippen LogP contribution in [0.3, 0.4) is 0 Å². The molecule has 17 heavy (non-hydrogen) atoms. The highest BCUT2D eigenvalue weighted by atomic mass is 14.5. The normalized spacial score (nSPS) is 8.47. The topological polar surface area (TPSA) is 26.0 Å². The van der Waals surface area contributed by atoms with Crippen molar-refractivity contribution in [2.45, 2.75) is 0 Å². The molecule has 2 rings (SSSR count). The van der Waals surface area contributed by atoms with Crippen molar-refractivity contribution in [3.63, 3.8) is 0 Å². The average molecular weight is 217 g/mol. The zero-order valence-electron chi connectivity index (χ0n) is 9.27. The largest absolute Gasteiger partial charge is 0.398 e. The Morgan fingerprint density at radius 1 is 0.706 bits per heavy atom. The standard InChI is InChI=1S/C16H11N/c17-16-13-7-6-12-15(16)11-5-4-10-14-8-2-1-3-9-14/h1-3,6-9,12-13H,17H2. The van der Waals surface area contributed by atoms with Gasteiger partial charge in [-0.15, -0.1) is 0 Å². The van der Waals surface area contributed by atoms with Gasteiger partial charge in [0, 0.05) is 16.8 Å². The van der Waals surface area contributed by atoms with Gasteiger partial charge in [-0.2, -0.15) is 0 Å². The Hall–Kier alpha value is -2.64. The first-order valence-corrected chi connectivity index (χ1v) is 5.28. The molecule has 0 radical (unpaired) electrons. The molecular weight excluding hydrogens is 206 g/mol. The summed E-state index contributed by atoms with van der Waals surface area (Å²) in [6.07, 6.45) is 0. The highest BCUT2D eigenvalue weighted by molar-refractivity contribution is 5.57. The van der Waals surface area contributed by atoms with Crippen molar-refractivity contribution in [2.75, 3.05) is 5.73 Å². The Balaban J connectivity index is 2.15. The van der Waals surface area contributed by atoms with Gasteiger partial charge in [0.05, 0.1) is 0 Å². The average Bonchev–Trinajstić information content (AvgIpc) is 2.38. The maximum Gasteiger partial charge on any atom is 0.0485 e. The lowest BCUT2D eigenvalue weighted by molar-refractivity contribution is 1.63. The van der Waals surface area contributed by atoms with E-state index in [2.05, 4.69) is 23.7 Å². The van der Waals surface area contributed by atoms with Crippen LogP contribution in [0.25, 0.3) is 0 Å². The summed E-state index contributed by atoms with van der Waals surface area (Å²) in [6, 6.07) is 17.3. The Labute approximate surface area is 101 Å². The molecule has 1 nitrogen and oxygen atoms in total. The molecule has 2 N–H and O–H groups in total. The number of nitrogens with two attached hydrogens (primary N) is 1. The van der Waals surface area contributed by atoms with Crippen LogP contribution in [0.5, 0.6) is 0 Å². The lowest BCUT2D eigenvalue weighted by Gasteiger charge is -1.93. The zero-order chi connectivity index (χ0) is 11.9. The first kappa shape index (κ1) is 10.9. The maximum absolute atomic E-state index is 5.76. The van der Waals surface area contributed by atoms with Crippen LogP contribution >= 0.6 is 0 Å². The van der Waals surface area contributed by atoms with E-state index in [-0.39, 0.29) is 0 Å². The summed E-state index contributed by atoms with van der Waals surface area (Å²) in [5.74, 6) is 11.5. The molecule has 0 fully saturated rings. The molecule has 0 saturated carbocycles. The minimum atomic E-state index is 0.682. The van der Waals surface area contributed by atoms with Crippen molar-refractivity contribution in [1.29, 1.82) is 0 Å². The second-order valence-electron chi connectivity index (χ2n) is 3.45. The van der Waals surface area contributed by atoms with E-state index >= 15 is 0 Å². The summed E-state index contributed by atoms with van der Waals surface area (Å²) in [6.45, 7) is 0. The Morgan fingerprint density at radius 3 is 2.12 bits per heavy atom. The number of hydrogen-bond donors (Lipinski definition) is 1. The third-order valence-corrected chi connectivity index (χ3v) is 2.20. The molecular formula is C16H11N. The summed E-state index contributed by atoms with van der Waals surface area (Å²) in [7, 11) is 0. The maximum atomic E-state index is 5.76. The molecule has 0 bridgehead atoms. The number of anilines is 1. The van der Waals surface area contributed by atoms with E-state index in [0.717, 1.165) is 11.1 Å². The molecule has 0 amide bonds. The van der Waals surface area contributed by atoms with E-state index in [0.29, 0.717) is 5.69 Å². The molecule has 0 unspecified atom stereocenters. The Morgan fingerprint density at radius 2 is 1.35 bits per heavy atom.